The van der Waals surface area contributed by atoms with Crippen molar-refractivity contribution in [1.29, 1.82) is 0 Å². The first-order chi connectivity index (χ1) is 24.4. The normalized spacial score (nSPS) is 20.8. The Morgan fingerprint density at radius 3 is 1.94 bits per heavy atom. The first-order valence-electron chi connectivity index (χ1n) is 15.6. The van der Waals surface area contributed by atoms with Gasteiger partial charge in [-0.3, -0.25) is 13.6 Å². The molecule has 18 heteroatoms. The van der Waals surface area contributed by atoms with E-state index < -0.39 is 71.0 Å². The highest BCUT2D eigenvalue weighted by Crippen LogP contribution is 2.61. The summed E-state index contributed by atoms with van der Waals surface area (Å²) >= 11 is 0. The summed E-state index contributed by atoms with van der Waals surface area (Å²) in [4.78, 5) is 64.5. The van der Waals surface area contributed by atoms with Crippen molar-refractivity contribution in [2.24, 2.45) is 0 Å². The molecule has 270 valence electrons. The number of carbonyl (C=O) groups excluding carboxylic acids is 2. The average Bonchev–Trinajstić information content (AvgIpc) is 3.45. The van der Waals surface area contributed by atoms with E-state index in [1.165, 1.54) is 36.5 Å². The summed E-state index contributed by atoms with van der Waals surface area (Å²) in [6.45, 7) is 1.11. The zero-order valence-electron chi connectivity index (χ0n) is 27.1. The second kappa shape index (κ2) is 17.1. The van der Waals surface area contributed by atoms with E-state index in [9.17, 15) is 33.3 Å². The SMILES string of the molecule is CCCNc1ccn([C@@H]2O[C@H](COP(=O)(O)OP(=O)(O)OCc3ccccc3)[C@H](OC(=O)c3ccccc3)C2OC(=O)c2ccccc2)c(=O)n1. The lowest BCUT2D eigenvalue weighted by molar-refractivity contribution is -0.0597. The highest BCUT2D eigenvalue weighted by molar-refractivity contribution is 7.61. The number of ether oxygens (including phenoxy) is 3. The van der Waals surface area contributed by atoms with Gasteiger partial charge in [0.1, 0.15) is 11.9 Å². The van der Waals surface area contributed by atoms with E-state index in [4.69, 9.17) is 23.3 Å². The minimum absolute atomic E-state index is 0.104. The molecule has 1 saturated heterocycles. The Bertz CT molecular complexity index is 1930. The fraction of sp³-hybridized carbons (Fsp3) is 0.273. The minimum Gasteiger partial charge on any atom is -0.452 e. The number of phosphoric ester groups is 2. The minimum atomic E-state index is -5.38. The van der Waals surface area contributed by atoms with E-state index in [1.54, 1.807) is 66.7 Å². The van der Waals surface area contributed by atoms with E-state index >= 15 is 0 Å². The van der Waals surface area contributed by atoms with Crippen LogP contribution in [0.15, 0.2) is 108 Å². The van der Waals surface area contributed by atoms with E-state index in [2.05, 4.69) is 14.6 Å². The maximum Gasteiger partial charge on any atom is 0.481 e. The molecule has 5 rings (SSSR count). The molecule has 1 fully saturated rings. The average molecular weight is 744 g/mol. The zero-order chi connectivity index (χ0) is 36.4. The summed E-state index contributed by atoms with van der Waals surface area (Å²) in [5, 5.41) is 2.99. The molecule has 4 aromatic rings. The Morgan fingerprint density at radius 1 is 0.824 bits per heavy atom. The Balaban J connectivity index is 1.43. The smallest absolute Gasteiger partial charge is 0.452 e. The molecule has 0 radical (unpaired) electrons. The predicted octanol–water partition coefficient (Wildman–Crippen LogP) is 4.86. The summed E-state index contributed by atoms with van der Waals surface area (Å²) < 4.78 is 58.4. The number of nitrogens with one attached hydrogen (secondary N) is 1. The Morgan fingerprint density at radius 2 is 1.37 bits per heavy atom. The third-order valence-electron chi connectivity index (χ3n) is 7.30. The maximum atomic E-state index is 13.3. The lowest BCUT2D eigenvalue weighted by atomic mass is 10.1. The second-order valence-electron chi connectivity index (χ2n) is 11.0. The molecule has 3 aromatic carbocycles. The van der Waals surface area contributed by atoms with Crippen molar-refractivity contribution in [3.8, 4) is 0 Å². The van der Waals surface area contributed by atoms with E-state index in [-0.39, 0.29) is 16.9 Å². The summed E-state index contributed by atoms with van der Waals surface area (Å²) in [5.41, 5.74) is -0.125. The molecule has 51 heavy (non-hydrogen) atoms. The van der Waals surface area contributed by atoms with Crippen LogP contribution in [0.4, 0.5) is 5.82 Å². The third kappa shape index (κ3) is 10.5. The molecule has 3 unspecified atom stereocenters. The molecule has 2 heterocycles. The number of nitrogens with zero attached hydrogens (tertiary/aromatic N) is 2. The van der Waals surface area contributed by atoms with Gasteiger partial charge in [-0.15, -0.1) is 0 Å². The summed E-state index contributed by atoms with van der Waals surface area (Å²) in [5.74, 6) is -1.49. The number of esters is 2. The molecule has 1 aliphatic rings. The summed E-state index contributed by atoms with van der Waals surface area (Å²) in [7, 11) is -10.5. The molecule has 0 aliphatic carbocycles. The van der Waals surface area contributed by atoms with Crippen molar-refractivity contribution in [1.82, 2.24) is 9.55 Å². The van der Waals surface area contributed by atoms with Gasteiger partial charge in [0, 0.05) is 12.7 Å². The summed E-state index contributed by atoms with van der Waals surface area (Å²) in [6, 6.07) is 25.3. The molecule has 3 N–H and O–H groups in total. The van der Waals surface area contributed by atoms with Crippen molar-refractivity contribution in [2.75, 3.05) is 18.5 Å². The highest BCUT2D eigenvalue weighted by atomic mass is 31.3. The number of hydrogen-bond donors (Lipinski definition) is 3. The van der Waals surface area contributed by atoms with Gasteiger partial charge in [-0.1, -0.05) is 73.7 Å². The molecule has 1 aliphatic heterocycles. The van der Waals surface area contributed by atoms with E-state index in [0.29, 0.717) is 12.1 Å². The monoisotopic (exact) mass is 743 g/mol. The number of aromatic nitrogens is 2. The van der Waals surface area contributed by atoms with E-state index in [1.807, 2.05) is 6.92 Å². The number of anilines is 1. The van der Waals surface area contributed by atoms with Gasteiger partial charge in [0.05, 0.1) is 24.3 Å². The van der Waals surface area contributed by atoms with Gasteiger partial charge in [-0.2, -0.15) is 9.29 Å². The maximum absolute atomic E-state index is 13.3. The predicted molar refractivity (Wildman–Crippen MR) is 180 cm³/mol. The van der Waals surface area contributed by atoms with Crippen molar-refractivity contribution in [2.45, 2.75) is 44.5 Å². The number of phosphoric acid groups is 2. The molecular formula is C33H35N3O13P2. The zero-order valence-corrected chi connectivity index (χ0v) is 28.9. The molecule has 1 aromatic heterocycles. The van der Waals surface area contributed by atoms with Crippen LogP contribution in [0.5, 0.6) is 0 Å². The Kier molecular flexibility index (Phi) is 12.7. The standard InChI is InChI=1S/C33H35N3O13P2/c1-2-19-34-27-18-20-36(33(39)35-27)30-29(48-32(38)25-16-10-5-11-17-25)28(47-31(37)24-14-8-4-9-15-24)26(46-30)22-45-51(42,43)49-50(40,41)44-21-23-12-6-3-7-13-23/h3-18,20,26,28-30H,2,19,21-22H2,1H3,(H,40,41)(H,42,43)(H,34,35,39)/t26-,28+,29?,30-/m1/s1. The van der Waals surface area contributed by atoms with Crippen LogP contribution in [0.2, 0.25) is 0 Å². The number of rotatable bonds is 16. The van der Waals surface area contributed by atoms with Gasteiger partial charge in [0.2, 0.25) is 0 Å². The van der Waals surface area contributed by atoms with Crippen LogP contribution < -0.4 is 11.0 Å². The fourth-order valence-corrected chi connectivity index (χ4v) is 6.97. The van der Waals surface area contributed by atoms with Crippen molar-refractivity contribution in [3.05, 3.63) is 130 Å². The van der Waals surface area contributed by atoms with Crippen LogP contribution in [0.3, 0.4) is 0 Å². The van der Waals surface area contributed by atoms with Crippen LogP contribution >= 0.6 is 15.6 Å². The lowest BCUT2D eigenvalue weighted by Gasteiger charge is -2.25. The molecule has 0 spiro atoms. The molecular weight excluding hydrogens is 708 g/mol. The van der Waals surface area contributed by atoms with Gasteiger partial charge in [0.15, 0.2) is 18.4 Å². The van der Waals surface area contributed by atoms with Crippen LogP contribution in [0.1, 0.15) is 45.9 Å². The topological polar surface area (TPSA) is 211 Å². The van der Waals surface area contributed by atoms with Crippen LogP contribution in [-0.2, 0) is 43.3 Å². The largest absolute Gasteiger partial charge is 0.481 e. The Labute approximate surface area is 292 Å². The van der Waals surface area contributed by atoms with E-state index in [0.717, 1.165) is 11.0 Å². The van der Waals surface area contributed by atoms with Crippen LogP contribution in [0, 0.1) is 0 Å². The second-order valence-corrected chi connectivity index (χ2v) is 14.1. The van der Waals surface area contributed by atoms with Crippen LogP contribution in [-0.4, -0.2) is 62.7 Å². The van der Waals surface area contributed by atoms with Crippen molar-refractivity contribution in [3.63, 3.8) is 0 Å². The third-order valence-corrected chi connectivity index (χ3v) is 9.88. The molecule has 0 saturated carbocycles. The lowest BCUT2D eigenvalue weighted by Crippen LogP contribution is -2.42. The van der Waals surface area contributed by atoms with Crippen molar-refractivity contribution < 1.29 is 56.1 Å². The molecule has 6 atom stereocenters. The van der Waals surface area contributed by atoms with Crippen molar-refractivity contribution >= 4 is 33.4 Å². The first-order valence-corrected chi connectivity index (χ1v) is 18.6. The van der Waals surface area contributed by atoms with Crippen LogP contribution in [0.25, 0.3) is 0 Å². The highest BCUT2D eigenvalue weighted by Gasteiger charge is 2.52. The fourth-order valence-electron chi connectivity index (χ4n) is 4.90. The van der Waals surface area contributed by atoms with Gasteiger partial charge in [-0.25, -0.2) is 23.5 Å². The molecule has 16 nitrogen and oxygen atoms in total. The number of carbonyl (C=O) groups is 2. The molecule has 0 bridgehead atoms. The van der Waals surface area contributed by atoms with Gasteiger partial charge < -0.3 is 29.3 Å². The van der Waals surface area contributed by atoms with Gasteiger partial charge in [-0.05, 0) is 42.3 Å². The van der Waals surface area contributed by atoms with Gasteiger partial charge >= 0.3 is 33.3 Å². The number of benzene rings is 3. The summed E-state index contributed by atoms with van der Waals surface area (Å²) in [6.07, 6.45) is -4.06. The first kappa shape index (κ1) is 37.7. The van der Waals surface area contributed by atoms with Gasteiger partial charge in [0.25, 0.3) is 0 Å². The molecule has 0 amide bonds. The number of hydrogen-bond acceptors (Lipinski definition) is 13. The quantitative estimate of drug-likeness (QED) is 0.103. The Hall–Kier alpha value is -4.50.